The van der Waals surface area contributed by atoms with E-state index in [1.807, 2.05) is 35.0 Å². The minimum absolute atomic E-state index is 0.239. The number of halogens is 1. The van der Waals surface area contributed by atoms with Gasteiger partial charge in [-0.15, -0.1) is 5.10 Å². The molecule has 0 aliphatic carbocycles. The van der Waals surface area contributed by atoms with Crippen LogP contribution in [0, 0.1) is 5.82 Å². The van der Waals surface area contributed by atoms with Crippen LogP contribution in [0.1, 0.15) is 43.8 Å². The molecule has 32 heavy (non-hydrogen) atoms. The Morgan fingerprint density at radius 3 is 2.38 bits per heavy atom. The highest BCUT2D eigenvalue weighted by Gasteiger charge is 2.34. The number of hydrogen-bond donors (Lipinski definition) is 0. The van der Waals surface area contributed by atoms with Crippen LogP contribution in [0.4, 0.5) is 4.39 Å². The van der Waals surface area contributed by atoms with E-state index in [4.69, 9.17) is 4.74 Å². The summed E-state index contributed by atoms with van der Waals surface area (Å²) in [5.41, 5.74) is 1.46. The topological polar surface area (TPSA) is 59.3 Å². The summed E-state index contributed by atoms with van der Waals surface area (Å²) in [4.78, 5) is 4.69. The van der Waals surface area contributed by atoms with Gasteiger partial charge in [0.15, 0.2) is 5.82 Å². The Kier molecular flexibility index (Phi) is 6.53. The minimum atomic E-state index is -0.348. The molecule has 170 valence electrons. The molecule has 1 aliphatic heterocycles. The molecule has 1 atom stereocenters. The smallest absolute Gasteiger partial charge is 0.173 e. The first-order chi connectivity index (χ1) is 15.4. The highest BCUT2D eigenvalue weighted by atomic mass is 19.1. The predicted molar refractivity (Wildman–Crippen MR) is 121 cm³/mol. The number of tetrazole rings is 1. The van der Waals surface area contributed by atoms with Crippen LogP contribution in [-0.2, 0) is 12.1 Å². The van der Waals surface area contributed by atoms with Crippen molar-refractivity contribution in [3.05, 3.63) is 71.3 Å². The quantitative estimate of drug-likeness (QED) is 0.587. The third-order valence-corrected chi connectivity index (χ3v) is 5.93. The fourth-order valence-corrected chi connectivity index (χ4v) is 4.29. The standard InChI is InChI=1S/C24H31FN6O/c1-24(2,3)31-23(26-27-28-31)22(19-10-6-7-11-20(19)25)30-15-13-29(14-16-30)17-18-9-5-8-12-21(18)32-4/h5-12,22H,13-17H2,1-4H3/t22-/m1/s1. The first-order valence-corrected chi connectivity index (χ1v) is 11.0. The summed E-state index contributed by atoms with van der Waals surface area (Å²) >= 11 is 0. The first kappa shape index (κ1) is 22.4. The van der Waals surface area contributed by atoms with E-state index < -0.39 is 0 Å². The number of rotatable bonds is 6. The summed E-state index contributed by atoms with van der Waals surface area (Å²) in [7, 11) is 1.70. The van der Waals surface area contributed by atoms with E-state index >= 15 is 0 Å². The first-order valence-electron chi connectivity index (χ1n) is 11.0. The Morgan fingerprint density at radius 2 is 1.69 bits per heavy atom. The maximum absolute atomic E-state index is 14.9. The van der Waals surface area contributed by atoms with Gasteiger partial charge in [-0.05, 0) is 43.3 Å². The molecule has 0 amide bonds. The molecule has 3 aromatic rings. The van der Waals surface area contributed by atoms with Crippen LogP contribution in [0.5, 0.6) is 5.75 Å². The van der Waals surface area contributed by atoms with Crippen molar-refractivity contribution in [3.8, 4) is 5.75 Å². The molecule has 0 N–H and O–H groups in total. The Morgan fingerprint density at radius 1 is 1.00 bits per heavy atom. The number of ether oxygens (including phenoxy) is 1. The average molecular weight is 439 g/mol. The number of nitrogens with zero attached hydrogens (tertiary/aromatic N) is 6. The van der Waals surface area contributed by atoms with Crippen molar-refractivity contribution < 1.29 is 9.13 Å². The molecule has 8 heteroatoms. The van der Waals surface area contributed by atoms with E-state index in [9.17, 15) is 4.39 Å². The molecule has 4 rings (SSSR count). The Hall–Kier alpha value is -2.84. The van der Waals surface area contributed by atoms with Gasteiger partial charge in [0.25, 0.3) is 0 Å². The average Bonchev–Trinajstić information content (AvgIpc) is 3.27. The molecule has 7 nitrogen and oxygen atoms in total. The lowest BCUT2D eigenvalue weighted by molar-refractivity contribution is 0.0961. The highest BCUT2D eigenvalue weighted by molar-refractivity contribution is 5.33. The van der Waals surface area contributed by atoms with Gasteiger partial charge in [0.05, 0.1) is 12.6 Å². The second kappa shape index (κ2) is 9.34. The monoisotopic (exact) mass is 438 g/mol. The van der Waals surface area contributed by atoms with E-state index in [1.165, 1.54) is 11.6 Å². The van der Waals surface area contributed by atoms with Crippen molar-refractivity contribution in [3.63, 3.8) is 0 Å². The predicted octanol–water partition coefficient (Wildman–Crippen LogP) is 3.48. The number of hydrogen-bond acceptors (Lipinski definition) is 6. The molecule has 0 radical (unpaired) electrons. The lowest BCUT2D eigenvalue weighted by Gasteiger charge is -2.39. The summed E-state index contributed by atoms with van der Waals surface area (Å²) in [6.07, 6.45) is 0. The normalized spacial score (nSPS) is 16.8. The van der Waals surface area contributed by atoms with Gasteiger partial charge in [0.2, 0.25) is 0 Å². The zero-order valence-corrected chi connectivity index (χ0v) is 19.2. The van der Waals surface area contributed by atoms with Crippen LogP contribution in [0.3, 0.4) is 0 Å². The minimum Gasteiger partial charge on any atom is -0.496 e. The molecular weight excluding hydrogens is 407 g/mol. The summed E-state index contributed by atoms with van der Waals surface area (Å²) in [6.45, 7) is 10.3. The summed E-state index contributed by atoms with van der Waals surface area (Å²) in [5, 5.41) is 12.5. The van der Waals surface area contributed by atoms with Gasteiger partial charge >= 0.3 is 0 Å². The van der Waals surface area contributed by atoms with Crippen LogP contribution in [0.15, 0.2) is 48.5 Å². The van der Waals surface area contributed by atoms with E-state index in [0.29, 0.717) is 11.4 Å². The van der Waals surface area contributed by atoms with Gasteiger partial charge in [-0.2, -0.15) is 0 Å². The Balaban J connectivity index is 1.58. The van der Waals surface area contributed by atoms with Gasteiger partial charge < -0.3 is 4.74 Å². The number of piperazine rings is 1. The highest BCUT2D eigenvalue weighted by Crippen LogP contribution is 2.32. The number of aromatic nitrogens is 4. The van der Waals surface area contributed by atoms with E-state index in [0.717, 1.165) is 38.5 Å². The molecular formula is C24H31FN6O. The van der Waals surface area contributed by atoms with E-state index in [-0.39, 0.29) is 17.4 Å². The maximum Gasteiger partial charge on any atom is 0.173 e. The lowest BCUT2D eigenvalue weighted by atomic mass is 10.0. The van der Waals surface area contributed by atoms with Crippen molar-refractivity contribution in [2.45, 2.75) is 38.9 Å². The molecule has 2 aromatic carbocycles. The fraction of sp³-hybridized carbons (Fsp3) is 0.458. The van der Waals surface area contributed by atoms with Crippen LogP contribution >= 0.6 is 0 Å². The SMILES string of the molecule is COc1ccccc1CN1CCN([C@H](c2ccccc2F)c2nnnn2C(C)(C)C)CC1. The van der Waals surface area contributed by atoms with Crippen LogP contribution < -0.4 is 4.74 Å². The number of para-hydroxylation sites is 1. The van der Waals surface area contributed by atoms with Gasteiger partial charge in [0, 0.05) is 43.9 Å². The molecule has 1 aromatic heterocycles. The van der Waals surface area contributed by atoms with E-state index in [1.54, 1.807) is 13.2 Å². The van der Waals surface area contributed by atoms with Crippen molar-refractivity contribution in [1.29, 1.82) is 0 Å². The van der Waals surface area contributed by atoms with Crippen molar-refractivity contribution in [2.75, 3.05) is 33.3 Å². The second-order valence-electron chi connectivity index (χ2n) is 9.17. The second-order valence-corrected chi connectivity index (χ2v) is 9.17. The molecule has 0 spiro atoms. The molecule has 1 saturated heterocycles. The van der Waals surface area contributed by atoms with Crippen LogP contribution in [0.2, 0.25) is 0 Å². The molecule has 2 heterocycles. The van der Waals surface area contributed by atoms with Gasteiger partial charge in [-0.25, -0.2) is 9.07 Å². The van der Waals surface area contributed by atoms with Gasteiger partial charge in [0.1, 0.15) is 17.6 Å². The fourth-order valence-electron chi connectivity index (χ4n) is 4.29. The Labute approximate surface area is 188 Å². The molecule has 1 aliphatic rings. The molecule has 0 unspecified atom stereocenters. The van der Waals surface area contributed by atoms with Crippen LogP contribution in [-0.4, -0.2) is 63.3 Å². The third-order valence-electron chi connectivity index (χ3n) is 5.93. The Bertz CT molecular complexity index is 1040. The molecule has 1 fully saturated rings. The summed E-state index contributed by atoms with van der Waals surface area (Å²) < 4.78 is 22.3. The van der Waals surface area contributed by atoms with Crippen molar-refractivity contribution in [2.24, 2.45) is 0 Å². The lowest BCUT2D eigenvalue weighted by Crippen LogP contribution is -2.48. The zero-order valence-electron chi connectivity index (χ0n) is 19.2. The molecule has 0 saturated carbocycles. The molecule has 0 bridgehead atoms. The maximum atomic E-state index is 14.9. The number of benzene rings is 2. The van der Waals surface area contributed by atoms with Gasteiger partial charge in [-0.3, -0.25) is 9.80 Å². The summed E-state index contributed by atoms with van der Waals surface area (Å²) in [6, 6.07) is 14.7. The van der Waals surface area contributed by atoms with Crippen LogP contribution in [0.25, 0.3) is 0 Å². The summed E-state index contributed by atoms with van der Waals surface area (Å²) in [5.74, 6) is 1.33. The van der Waals surface area contributed by atoms with Gasteiger partial charge in [-0.1, -0.05) is 36.4 Å². The van der Waals surface area contributed by atoms with Crippen molar-refractivity contribution in [1.82, 2.24) is 30.0 Å². The largest absolute Gasteiger partial charge is 0.496 e. The zero-order chi connectivity index (χ0) is 22.7. The van der Waals surface area contributed by atoms with Crippen molar-refractivity contribution >= 4 is 0 Å². The van der Waals surface area contributed by atoms with E-state index in [2.05, 4.69) is 52.2 Å². The third kappa shape index (κ3) is 4.66. The number of methoxy groups -OCH3 is 1.